The van der Waals surface area contributed by atoms with E-state index in [0.717, 1.165) is 24.3 Å². The lowest BCUT2D eigenvalue weighted by Crippen LogP contribution is -2.31. The van der Waals surface area contributed by atoms with Gasteiger partial charge in [0.2, 0.25) is 11.1 Å². The van der Waals surface area contributed by atoms with E-state index >= 15 is 0 Å². The summed E-state index contributed by atoms with van der Waals surface area (Å²) in [6.07, 6.45) is 2.08. The highest BCUT2D eigenvalue weighted by atomic mass is 32.2. The molecule has 2 heterocycles. The van der Waals surface area contributed by atoms with Crippen molar-refractivity contribution in [3.8, 4) is 0 Å². The van der Waals surface area contributed by atoms with Crippen LogP contribution in [-0.2, 0) is 10.5 Å². The van der Waals surface area contributed by atoms with Crippen molar-refractivity contribution in [1.82, 2.24) is 14.8 Å². The fraction of sp³-hybridized carbons (Fsp3) is 0.192. The number of thioether (sulfide) groups is 1. The van der Waals surface area contributed by atoms with Crippen molar-refractivity contribution in [2.45, 2.75) is 36.2 Å². The van der Waals surface area contributed by atoms with Crippen LogP contribution in [0.4, 0.5) is 10.3 Å². The molecule has 6 rings (SSSR count). The number of carbonyl (C=O) groups excluding carboxylic acids is 1. The fourth-order valence-corrected chi connectivity index (χ4v) is 5.58. The standard InChI is InChI=1S/C26H21FN4OS/c27-19-10-4-8-17(14-19)24-23-21(12-5-13-22(23)32)28-25-29-26(30-31(24)25)33-15-18-9-3-7-16-6-1-2-11-20(16)18/h1-4,6-11,14,24H,5,12-13,15H2,(H,28,29,30). The van der Waals surface area contributed by atoms with Gasteiger partial charge < -0.3 is 5.32 Å². The van der Waals surface area contributed by atoms with E-state index in [9.17, 15) is 9.18 Å². The molecule has 1 N–H and O–H groups in total. The highest BCUT2D eigenvalue weighted by Gasteiger charge is 2.37. The number of Topliss-reactive ketones (excluding diaryl/α,β-unsaturated/α-hetero) is 1. The predicted octanol–water partition coefficient (Wildman–Crippen LogP) is 5.88. The van der Waals surface area contributed by atoms with Gasteiger partial charge in [-0.3, -0.25) is 4.79 Å². The summed E-state index contributed by atoms with van der Waals surface area (Å²) in [6, 6.07) is 20.6. The number of benzene rings is 3. The smallest absolute Gasteiger partial charge is 0.227 e. The third-order valence-corrected chi connectivity index (χ3v) is 7.14. The summed E-state index contributed by atoms with van der Waals surface area (Å²) in [6.45, 7) is 0. The third kappa shape index (κ3) is 3.62. The van der Waals surface area contributed by atoms with Crippen molar-refractivity contribution in [3.63, 3.8) is 0 Å². The van der Waals surface area contributed by atoms with Crippen LogP contribution in [0.3, 0.4) is 0 Å². The predicted molar refractivity (Wildman–Crippen MR) is 128 cm³/mol. The molecule has 0 bridgehead atoms. The Bertz CT molecular complexity index is 1420. The van der Waals surface area contributed by atoms with Crippen molar-refractivity contribution in [1.29, 1.82) is 0 Å². The first kappa shape index (κ1) is 20.2. The molecule has 4 aromatic rings. The lowest BCUT2D eigenvalue weighted by molar-refractivity contribution is -0.116. The summed E-state index contributed by atoms with van der Waals surface area (Å²) >= 11 is 1.56. The second-order valence-electron chi connectivity index (χ2n) is 8.34. The number of hydrogen-bond donors (Lipinski definition) is 1. The molecule has 1 aliphatic heterocycles. The van der Waals surface area contributed by atoms with Crippen LogP contribution in [0.25, 0.3) is 10.8 Å². The maximum absolute atomic E-state index is 14.1. The van der Waals surface area contributed by atoms with Crippen molar-refractivity contribution < 1.29 is 9.18 Å². The number of ketones is 1. The molecule has 0 amide bonds. The molecule has 0 fully saturated rings. The van der Waals surface area contributed by atoms with Gasteiger partial charge in [0.25, 0.3) is 0 Å². The maximum Gasteiger partial charge on any atom is 0.227 e. The monoisotopic (exact) mass is 456 g/mol. The van der Waals surface area contributed by atoms with E-state index < -0.39 is 6.04 Å². The molecule has 1 aliphatic carbocycles. The van der Waals surface area contributed by atoms with Gasteiger partial charge in [0, 0.05) is 23.4 Å². The van der Waals surface area contributed by atoms with Gasteiger partial charge in [-0.2, -0.15) is 4.98 Å². The normalized spacial score (nSPS) is 17.6. The van der Waals surface area contributed by atoms with Crippen LogP contribution in [-0.4, -0.2) is 20.5 Å². The third-order valence-electron chi connectivity index (χ3n) is 6.25. The zero-order valence-corrected chi connectivity index (χ0v) is 18.6. The summed E-state index contributed by atoms with van der Waals surface area (Å²) in [5, 5.41) is 11.1. The number of nitrogens with one attached hydrogen (secondary N) is 1. The van der Waals surface area contributed by atoms with Gasteiger partial charge in [-0.1, -0.05) is 66.4 Å². The first-order valence-electron chi connectivity index (χ1n) is 11.0. The van der Waals surface area contributed by atoms with Gasteiger partial charge in [0.1, 0.15) is 11.9 Å². The Hall–Kier alpha value is -3.45. The second kappa shape index (κ2) is 8.15. The van der Waals surface area contributed by atoms with Gasteiger partial charge in [-0.15, -0.1) is 5.10 Å². The van der Waals surface area contributed by atoms with E-state index in [0.29, 0.717) is 28.7 Å². The summed E-state index contributed by atoms with van der Waals surface area (Å²) < 4.78 is 15.8. The van der Waals surface area contributed by atoms with Crippen LogP contribution in [0, 0.1) is 5.82 Å². The second-order valence-corrected chi connectivity index (χ2v) is 9.28. The summed E-state index contributed by atoms with van der Waals surface area (Å²) in [7, 11) is 0. The van der Waals surface area contributed by atoms with Crippen LogP contribution >= 0.6 is 11.8 Å². The number of allylic oxidation sites excluding steroid dienone is 2. The van der Waals surface area contributed by atoms with E-state index in [1.807, 2.05) is 18.2 Å². The van der Waals surface area contributed by atoms with Gasteiger partial charge in [-0.05, 0) is 46.9 Å². The fourth-order valence-electron chi connectivity index (χ4n) is 4.74. The zero-order chi connectivity index (χ0) is 22.4. The van der Waals surface area contributed by atoms with Gasteiger partial charge in [0.05, 0.1) is 0 Å². The molecule has 1 aromatic heterocycles. The Kier molecular flexibility index (Phi) is 4.99. The highest BCUT2D eigenvalue weighted by Crippen LogP contribution is 2.41. The number of fused-ring (bicyclic) bond motifs is 2. The molecular weight excluding hydrogens is 435 g/mol. The lowest BCUT2D eigenvalue weighted by atomic mass is 9.85. The Morgan fingerprint density at radius 1 is 1.06 bits per heavy atom. The van der Waals surface area contributed by atoms with E-state index in [1.165, 1.54) is 28.5 Å². The Balaban J connectivity index is 1.36. The number of nitrogens with zero attached hydrogens (tertiary/aromatic N) is 3. The van der Waals surface area contributed by atoms with Gasteiger partial charge >= 0.3 is 0 Å². The summed E-state index contributed by atoms with van der Waals surface area (Å²) in [4.78, 5) is 17.6. The quantitative estimate of drug-likeness (QED) is 0.388. The van der Waals surface area contributed by atoms with E-state index in [1.54, 1.807) is 22.5 Å². The number of anilines is 1. The largest absolute Gasteiger partial charge is 0.328 e. The molecule has 0 saturated carbocycles. The molecule has 0 radical (unpaired) electrons. The van der Waals surface area contributed by atoms with Crippen LogP contribution in [0.15, 0.2) is 83.2 Å². The van der Waals surface area contributed by atoms with Crippen LogP contribution < -0.4 is 5.32 Å². The molecule has 0 saturated heterocycles. The summed E-state index contributed by atoms with van der Waals surface area (Å²) in [5.74, 6) is 1.08. The van der Waals surface area contributed by atoms with E-state index in [2.05, 4.69) is 35.6 Å². The topological polar surface area (TPSA) is 59.8 Å². The number of rotatable bonds is 4. The molecular formula is C26H21FN4OS. The molecule has 2 aliphatic rings. The molecule has 3 aromatic carbocycles. The number of hydrogen-bond acceptors (Lipinski definition) is 5. The van der Waals surface area contributed by atoms with E-state index in [4.69, 9.17) is 10.1 Å². The Morgan fingerprint density at radius 3 is 2.82 bits per heavy atom. The molecule has 7 heteroatoms. The molecule has 164 valence electrons. The molecule has 5 nitrogen and oxygen atoms in total. The van der Waals surface area contributed by atoms with Crippen LogP contribution in [0.2, 0.25) is 0 Å². The minimum atomic E-state index is -0.473. The van der Waals surface area contributed by atoms with Crippen molar-refractivity contribution in [2.75, 3.05) is 5.32 Å². The van der Waals surface area contributed by atoms with Crippen molar-refractivity contribution in [2.24, 2.45) is 0 Å². The SMILES string of the molecule is O=C1CCCC2=C1C(c1cccc(F)c1)n1nc(SCc3cccc4ccccc34)nc1N2. The van der Waals surface area contributed by atoms with E-state index in [-0.39, 0.29) is 11.6 Å². The van der Waals surface area contributed by atoms with Crippen molar-refractivity contribution >= 4 is 34.3 Å². The minimum Gasteiger partial charge on any atom is -0.328 e. The number of halogens is 1. The van der Waals surface area contributed by atoms with Crippen molar-refractivity contribution in [3.05, 3.63) is 94.9 Å². The Morgan fingerprint density at radius 2 is 1.91 bits per heavy atom. The minimum absolute atomic E-state index is 0.0871. The zero-order valence-electron chi connectivity index (χ0n) is 17.8. The first-order valence-corrected chi connectivity index (χ1v) is 12.0. The first-order chi connectivity index (χ1) is 16.2. The van der Waals surface area contributed by atoms with Crippen LogP contribution in [0.5, 0.6) is 0 Å². The number of aromatic nitrogens is 3. The highest BCUT2D eigenvalue weighted by molar-refractivity contribution is 7.98. The summed E-state index contributed by atoms with van der Waals surface area (Å²) in [5.41, 5.74) is 3.48. The lowest BCUT2D eigenvalue weighted by Gasteiger charge is -2.32. The molecule has 1 atom stereocenters. The average molecular weight is 457 g/mol. The molecule has 1 unspecified atom stereocenters. The molecule has 0 spiro atoms. The van der Waals surface area contributed by atoms with Crippen LogP contribution in [0.1, 0.15) is 36.4 Å². The van der Waals surface area contributed by atoms with Gasteiger partial charge in [-0.25, -0.2) is 9.07 Å². The van der Waals surface area contributed by atoms with Gasteiger partial charge in [0.15, 0.2) is 5.78 Å². The Labute approximate surface area is 194 Å². The number of carbonyl (C=O) groups is 1. The maximum atomic E-state index is 14.1. The molecule has 33 heavy (non-hydrogen) atoms. The average Bonchev–Trinajstić information content (AvgIpc) is 3.24.